The predicted molar refractivity (Wildman–Crippen MR) is 64.7 cm³/mol. The second kappa shape index (κ2) is 4.77. The van der Waals surface area contributed by atoms with Gasteiger partial charge in [-0.1, -0.05) is 24.9 Å². The molecule has 1 aromatic heterocycles. The summed E-state index contributed by atoms with van der Waals surface area (Å²) in [4.78, 5) is 4.58. The van der Waals surface area contributed by atoms with Crippen molar-refractivity contribution in [2.24, 2.45) is 11.8 Å². The first-order valence-corrected chi connectivity index (χ1v) is 6.84. The molecule has 0 spiro atoms. The van der Waals surface area contributed by atoms with Crippen LogP contribution in [0.5, 0.6) is 0 Å². The summed E-state index contributed by atoms with van der Waals surface area (Å²) in [5.41, 5.74) is 0. The molecular weight excluding hydrogens is 214 g/mol. The van der Waals surface area contributed by atoms with Crippen molar-refractivity contribution in [2.75, 3.05) is 13.1 Å². The molecule has 2 atom stereocenters. The molecule has 1 N–H and O–H groups in total. The van der Waals surface area contributed by atoms with Crippen molar-refractivity contribution >= 4 is 0 Å². The Kier molecular flexibility index (Phi) is 3.14. The molecule has 0 radical (unpaired) electrons. The van der Waals surface area contributed by atoms with Crippen LogP contribution in [-0.4, -0.2) is 23.2 Å². The van der Waals surface area contributed by atoms with E-state index in [0.717, 1.165) is 37.1 Å². The number of hydrogen-bond donors (Lipinski definition) is 1. The standard InChI is InChI=1S/C13H21N3O/c1-9-3-2-4-11(5-9)13-15-12(17-16-13)6-10-7-14-8-10/h9-11,14H,2-8H2,1H3. The average molecular weight is 235 g/mol. The van der Waals surface area contributed by atoms with Gasteiger partial charge in [-0.25, -0.2) is 0 Å². The van der Waals surface area contributed by atoms with Gasteiger partial charge in [-0.15, -0.1) is 0 Å². The Balaban J connectivity index is 1.62. The van der Waals surface area contributed by atoms with Crippen molar-refractivity contribution in [3.63, 3.8) is 0 Å². The van der Waals surface area contributed by atoms with Crippen LogP contribution in [-0.2, 0) is 6.42 Å². The van der Waals surface area contributed by atoms with Gasteiger partial charge in [0.2, 0.25) is 5.89 Å². The van der Waals surface area contributed by atoms with Gasteiger partial charge in [0.25, 0.3) is 0 Å². The summed E-state index contributed by atoms with van der Waals surface area (Å²) in [6.45, 7) is 4.52. The molecule has 94 valence electrons. The maximum absolute atomic E-state index is 5.37. The monoisotopic (exact) mass is 235 g/mol. The second-order valence-electron chi connectivity index (χ2n) is 5.74. The van der Waals surface area contributed by atoms with Gasteiger partial charge in [0.05, 0.1) is 0 Å². The highest BCUT2D eigenvalue weighted by atomic mass is 16.5. The highest BCUT2D eigenvalue weighted by Gasteiger charge is 2.26. The summed E-state index contributed by atoms with van der Waals surface area (Å²) in [6.07, 6.45) is 6.07. The Morgan fingerprint density at radius 1 is 1.35 bits per heavy atom. The third-order valence-corrected chi connectivity index (χ3v) is 4.11. The molecule has 1 saturated carbocycles. The maximum Gasteiger partial charge on any atom is 0.227 e. The summed E-state index contributed by atoms with van der Waals surface area (Å²) >= 11 is 0. The van der Waals surface area contributed by atoms with E-state index in [1.54, 1.807) is 0 Å². The largest absolute Gasteiger partial charge is 0.339 e. The van der Waals surface area contributed by atoms with Crippen LogP contribution in [0, 0.1) is 11.8 Å². The van der Waals surface area contributed by atoms with E-state index in [9.17, 15) is 0 Å². The Labute approximate surface area is 102 Å². The molecule has 1 saturated heterocycles. The first kappa shape index (κ1) is 11.2. The lowest BCUT2D eigenvalue weighted by Gasteiger charge is -2.25. The molecule has 4 nitrogen and oxygen atoms in total. The SMILES string of the molecule is CC1CCCC(c2noc(CC3CNC3)n2)C1. The van der Waals surface area contributed by atoms with Crippen molar-refractivity contribution in [3.8, 4) is 0 Å². The molecule has 0 bridgehead atoms. The molecule has 0 aromatic carbocycles. The fourth-order valence-electron chi connectivity index (χ4n) is 2.93. The molecule has 2 unspecified atom stereocenters. The number of nitrogens with zero attached hydrogens (tertiary/aromatic N) is 2. The third kappa shape index (κ3) is 2.51. The predicted octanol–water partition coefficient (Wildman–Crippen LogP) is 2.13. The van der Waals surface area contributed by atoms with Crippen LogP contribution in [0.4, 0.5) is 0 Å². The minimum Gasteiger partial charge on any atom is -0.339 e. The van der Waals surface area contributed by atoms with Crippen LogP contribution in [0.25, 0.3) is 0 Å². The molecule has 1 aliphatic heterocycles. The van der Waals surface area contributed by atoms with Gasteiger partial charge in [-0.3, -0.25) is 0 Å². The van der Waals surface area contributed by atoms with Crippen LogP contribution >= 0.6 is 0 Å². The molecule has 17 heavy (non-hydrogen) atoms. The zero-order valence-corrected chi connectivity index (χ0v) is 10.5. The molecule has 4 heteroatoms. The fourth-order valence-corrected chi connectivity index (χ4v) is 2.93. The normalized spacial score (nSPS) is 30.2. The average Bonchev–Trinajstić information content (AvgIpc) is 2.72. The maximum atomic E-state index is 5.37. The summed E-state index contributed by atoms with van der Waals surface area (Å²) in [5.74, 6) is 3.85. The quantitative estimate of drug-likeness (QED) is 0.872. The van der Waals surface area contributed by atoms with E-state index in [1.807, 2.05) is 0 Å². The van der Waals surface area contributed by atoms with Crippen LogP contribution in [0.3, 0.4) is 0 Å². The summed E-state index contributed by atoms with van der Waals surface area (Å²) in [5, 5.41) is 7.45. The van der Waals surface area contributed by atoms with E-state index in [1.165, 1.54) is 25.7 Å². The van der Waals surface area contributed by atoms with Crippen LogP contribution in [0.15, 0.2) is 4.52 Å². The minimum absolute atomic E-state index is 0.538. The van der Waals surface area contributed by atoms with Gasteiger partial charge in [0, 0.05) is 12.3 Å². The lowest BCUT2D eigenvalue weighted by Crippen LogP contribution is -2.43. The zero-order valence-electron chi connectivity index (χ0n) is 10.5. The van der Waals surface area contributed by atoms with E-state index in [-0.39, 0.29) is 0 Å². The van der Waals surface area contributed by atoms with Gasteiger partial charge in [-0.05, 0) is 37.8 Å². The van der Waals surface area contributed by atoms with Gasteiger partial charge < -0.3 is 9.84 Å². The van der Waals surface area contributed by atoms with Gasteiger partial charge in [0.1, 0.15) is 0 Å². The Bertz CT molecular complexity index is 372. The van der Waals surface area contributed by atoms with E-state index in [2.05, 4.69) is 22.4 Å². The molecule has 1 aliphatic carbocycles. The van der Waals surface area contributed by atoms with Crippen LogP contribution in [0.2, 0.25) is 0 Å². The highest BCUT2D eigenvalue weighted by molar-refractivity contribution is 4.99. The van der Waals surface area contributed by atoms with Crippen molar-refractivity contribution in [1.82, 2.24) is 15.5 Å². The molecular formula is C13H21N3O. The molecule has 3 rings (SSSR count). The summed E-state index contributed by atoms with van der Waals surface area (Å²) in [7, 11) is 0. The Morgan fingerprint density at radius 2 is 2.24 bits per heavy atom. The molecule has 2 heterocycles. The third-order valence-electron chi connectivity index (χ3n) is 4.11. The van der Waals surface area contributed by atoms with E-state index >= 15 is 0 Å². The molecule has 2 aliphatic rings. The highest BCUT2D eigenvalue weighted by Crippen LogP contribution is 2.34. The van der Waals surface area contributed by atoms with E-state index in [0.29, 0.717) is 11.8 Å². The number of rotatable bonds is 3. The smallest absolute Gasteiger partial charge is 0.227 e. The fraction of sp³-hybridized carbons (Fsp3) is 0.846. The minimum atomic E-state index is 0.538. The first-order chi connectivity index (χ1) is 8.31. The number of hydrogen-bond acceptors (Lipinski definition) is 4. The summed E-state index contributed by atoms with van der Waals surface area (Å²) in [6, 6.07) is 0. The lowest BCUT2D eigenvalue weighted by atomic mass is 9.82. The Hall–Kier alpha value is -0.900. The van der Waals surface area contributed by atoms with E-state index < -0.39 is 0 Å². The van der Waals surface area contributed by atoms with Crippen molar-refractivity contribution in [1.29, 1.82) is 0 Å². The van der Waals surface area contributed by atoms with Crippen molar-refractivity contribution in [3.05, 3.63) is 11.7 Å². The van der Waals surface area contributed by atoms with Gasteiger partial charge in [0.15, 0.2) is 5.82 Å². The van der Waals surface area contributed by atoms with Crippen LogP contribution < -0.4 is 5.32 Å². The number of aromatic nitrogens is 2. The Morgan fingerprint density at radius 3 is 2.94 bits per heavy atom. The van der Waals surface area contributed by atoms with Crippen LogP contribution in [0.1, 0.15) is 50.2 Å². The van der Waals surface area contributed by atoms with Crippen molar-refractivity contribution in [2.45, 2.75) is 44.9 Å². The van der Waals surface area contributed by atoms with Gasteiger partial charge >= 0.3 is 0 Å². The second-order valence-corrected chi connectivity index (χ2v) is 5.74. The van der Waals surface area contributed by atoms with E-state index in [4.69, 9.17) is 4.52 Å². The van der Waals surface area contributed by atoms with Crippen molar-refractivity contribution < 1.29 is 4.52 Å². The first-order valence-electron chi connectivity index (χ1n) is 6.84. The molecule has 2 fully saturated rings. The summed E-state index contributed by atoms with van der Waals surface area (Å²) < 4.78 is 5.37. The molecule has 1 aromatic rings. The topological polar surface area (TPSA) is 51.0 Å². The lowest BCUT2D eigenvalue weighted by molar-refractivity contribution is 0.290. The number of nitrogens with one attached hydrogen (secondary N) is 1. The zero-order chi connectivity index (χ0) is 11.7. The van der Waals surface area contributed by atoms with Gasteiger partial charge in [-0.2, -0.15) is 4.98 Å². The molecule has 0 amide bonds.